The van der Waals surface area contributed by atoms with Gasteiger partial charge in [-0.1, -0.05) is 0 Å². The third-order valence-corrected chi connectivity index (χ3v) is 4.61. The minimum atomic E-state index is -4.69. The molecule has 30 heavy (non-hydrogen) atoms. The van der Waals surface area contributed by atoms with Crippen molar-refractivity contribution in [2.75, 3.05) is 7.11 Å². The molecule has 1 amide bonds. The Morgan fingerprint density at radius 2 is 2.13 bits per heavy atom. The summed E-state index contributed by atoms with van der Waals surface area (Å²) in [4.78, 5) is 27.9. The number of carbonyl (C=O) groups is 1. The maximum absolute atomic E-state index is 12.8. The molecule has 3 aromatic rings. The summed E-state index contributed by atoms with van der Waals surface area (Å²) in [6.45, 7) is 0. The molecule has 0 aromatic carbocycles. The van der Waals surface area contributed by atoms with Gasteiger partial charge in [-0.25, -0.2) is 15.0 Å². The highest BCUT2D eigenvalue weighted by atomic mass is 19.4. The number of oxazole rings is 1. The molecule has 0 fully saturated rings. The highest BCUT2D eigenvalue weighted by molar-refractivity contribution is 5.92. The normalized spacial score (nSPS) is 16.1. The van der Waals surface area contributed by atoms with Crippen molar-refractivity contribution < 1.29 is 27.1 Å². The van der Waals surface area contributed by atoms with Gasteiger partial charge in [0.1, 0.15) is 17.1 Å². The van der Waals surface area contributed by atoms with Crippen molar-refractivity contribution in [3.8, 4) is 17.3 Å². The van der Waals surface area contributed by atoms with Crippen LogP contribution < -0.4 is 10.1 Å². The third kappa shape index (κ3) is 3.95. The SMILES string of the molecule is COc1cc(-c2nc3c(o2)CCC[C@H]3NC(=O)c2cncc(C(F)(F)F)n2)ccn1. The van der Waals surface area contributed by atoms with Crippen molar-refractivity contribution in [1.29, 1.82) is 0 Å². The lowest BCUT2D eigenvalue weighted by atomic mass is 9.96. The number of methoxy groups -OCH3 is 1. The van der Waals surface area contributed by atoms with E-state index in [1.54, 1.807) is 18.3 Å². The van der Waals surface area contributed by atoms with E-state index in [-0.39, 0.29) is 0 Å². The molecule has 8 nitrogen and oxygen atoms in total. The number of alkyl halides is 3. The van der Waals surface area contributed by atoms with Gasteiger partial charge in [0.2, 0.25) is 11.8 Å². The molecule has 0 unspecified atom stereocenters. The van der Waals surface area contributed by atoms with Crippen LogP contribution in [0.15, 0.2) is 35.1 Å². The van der Waals surface area contributed by atoms with E-state index < -0.39 is 29.5 Å². The van der Waals surface area contributed by atoms with Crippen LogP contribution in [0.3, 0.4) is 0 Å². The molecule has 0 aliphatic heterocycles. The molecule has 0 saturated carbocycles. The van der Waals surface area contributed by atoms with E-state index in [0.29, 0.717) is 47.8 Å². The summed E-state index contributed by atoms with van der Waals surface area (Å²) in [5.41, 5.74) is -0.445. The Labute approximate surface area is 168 Å². The van der Waals surface area contributed by atoms with Crippen molar-refractivity contribution in [3.05, 3.63) is 53.6 Å². The van der Waals surface area contributed by atoms with Crippen LogP contribution in [-0.4, -0.2) is 33.0 Å². The average Bonchev–Trinajstić information content (AvgIpc) is 3.19. The van der Waals surface area contributed by atoms with Gasteiger partial charge >= 0.3 is 6.18 Å². The number of halogens is 3. The fourth-order valence-corrected chi connectivity index (χ4v) is 3.18. The average molecular weight is 419 g/mol. The fraction of sp³-hybridized carbons (Fsp3) is 0.316. The number of hydrogen-bond donors (Lipinski definition) is 1. The van der Waals surface area contributed by atoms with Crippen LogP contribution in [0.4, 0.5) is 13.2 Å². The van der Waals surface area contributed by atoms with E-state index in [2.05, 4.69) is 25.3 Å². The van der Waals surface area contributed by atoms with Crippen molar-refractivity contribution in [2.45, 2.75) is 31.5 Å². The summed E-state index contributed by atoms with van der Waals surface area (Å²) in [6.07, 6.45) is 0.364. The molecular formula is C19H16F3N5O3. The summed E-state index contributed by atoms with van der Waals surface area (Å²) in [5, 5.41) is 2.69. The first-order chi connectivity index (χ1) is 14.3. The summed E-state index contributed by atoms with van der Waals surface area (Å²) in [5.74, 6) is 0.603. The molecule has 1 aliphatic carbocycles. The smallest absolute Gasteiger partial charge is 0.434 e. The van der Waals surface area contributed by atoms with E-state index in [1.807, 2.05) is 0 Å². The first-order valence-electron chi connectivity index (χ1n) is 9.05. The lowest BCUT2D eigenvalue weighted by molar-refractivity contribution is -0.141. The van der Waals surface area contributed by atoms with E-state index in [1.165, 1.54) is 7.11 Å². The number of nitrogens with one attached hydrogen (secondary N) is 1. The molecule has 11 heteroatoms. The van der Waals surface area contributed by atoms with Crippen LogP contribution in [0.5, 0.6) is 5.88 Å². The molecule has 156 valence electrons. The molecule has 0 bridgehead atoms. The van der Waals surface area contributed by atoms with Gasteiger partial charge in [-0.05, 0) is 18.9 Å². The van der Waals surface area contributed by atoms with Gasteiger partial charge in [-0.2, -0.15) is 13.2 Å². The quantitative estimate of drug-likeness (QED) is 0.692. The van der Waals surface area contributed by atoms with E-state index in [4.69, 9.17) is 9.15 Å². The Balaban J connectivity index is 1.58. The Hall–Kier alpha value is -3.50. The zero-order chi connectivity index (χ0) is 21.3. The summed E-state index contributed by atoms with van der Waals surface area (Å²) in [6, 6.07) is 2.87. The largest absolute Gasteiger partial charge is 0.481 e. The van der Waals surface area contributed by atoms with Crippen molar-refractivity contribution in [3.63, 3.8) is 0 Å². The first kappa shape index (κ1) is 19.8. The maximum atomic E-state index is 12.8. The number of rotatable bonds is 4. The van der Waals surface area contributed by atoms with Gasteiger partial charge in [0.05, 0.1) is 25.5 Å². The lowest BCUT2D eigenvalue weighted by Crippen LogP contribution is -2.32. The second kappa shape index (κ2) is 7.73. The second-order valence-electron chi connectivity index (χ2n) is 6.62. The third-order valence-electron chi connectivity index (χ3n) is 4.61. The second-order valence-corrected chi connectivity index (χ2v) is 6.62. The molecule has 1 atom stereocenters. The Morgan fingerprint density at radius 1 is 1.30 bits per heavy atom. The fourth-order valence-electron chi connectivity index (χ4n) is 3.18. The first-order valence-corrected chi connectivity index (χ1v) is 9.05. The molecule has 0 radical (unpaired) electrons. The number of carbonyl (C=O) groups excluding carboxylic acids is 1. The topological polar surface area (TPSA) is 103 Å². The van der Waals surface area contributed by atoms with Crippen LogP contribution in [0.25, 0.3) is 11.5 Å². The van der Waals surface area contributed by atoms with Crippen LogP contribution in [0.1, 0.15) is 46.5 Å². The monoisotopic (exact) mass is 419 g/mol. The van der Waals surface area contributed by atoms with Gasteiger partial charge in [0.25, 0.3) is 5.91 Å². The highest BCUT2D eigenvalue weighted by Gasteiger charge is 2.34. The molecule has 1 aliphatic rings. The Bertz CT molecular complexity index is 1080. The number of amides is 1. The number of pyridine rings is 1. The highest BCUT2D eigenvalue weighted by Crippen LogP contribution is 2.34. The van der Waals surface area contributed by atoms with Crippen molar-refractivity contribution in [2.24, 2.45) is 0 Å². The van der Waals surface area contributed by atoms with Crippen molar-refractivity contribution in [1.82, 2.24) is 25.3 Å². The van der Waals surface area contributed by atoms with Gasteiger partial charge in [0, 0.05) is 24.2 Å². The molecule has 1 N–H and O–H groups in total. The summed E-state index contributed by atoms with van der Waals surface area (Å²) >= 11 is 0. The number of aryl methyl sites for hydroxylation is 1. The molecule has 3 aromatic heterocycles. The molecule has 4 rings (SSSR count). The number of fused-ring (bicyclic) bond motifs is 1. The molecular weight excluding hydrogens is 403 g/mol. The standard InChI is InChI=1S/C19H16F3N5O3/c1-29-15-7-10(5-6-24-15)18-27-16-11(3-2-4-13(16)30-18)26-17(28)12-8-23-9-14(25-12)19(20,21)22/h5-9,11H,2-4H2,1H3,(H,26,28)/t11-/m1/s1. The van der Waals surface area contributed by atoms with Crippen LogP contribution >= 0.6 is 0 Å². The summed E-state index contributed by atoms with van der Waals surface area (Å²) < 4.78 is 49.5. The predicted molar refractivity (Wildman–Crippen MR) is 96.5 cm³/mol. The van der Waals surface area contributed by atoms with Crippen molar-refractivity contribution >= 4 is 5.91 Å². The van der Waals surface area contributed by atoms with E-state index in [0.717, 1.165) is 12.6 Å². The van der Waals surface area contributed by atoms with E-state index >= 15 is 0 Å². The van der Waals surface area contributed by atoms with Gasteiger partial charge in [-0.15, -0.1) is 0 Å². The van der Waals surface area contributed by atoms with Crippen LogP contribution in [0.2, 0.25) is 0 Å². The summed E-state index contributed by atoms with van der Waals surface area (Å²) in [7, 11) is 1.49. The number of hydrogen-bond acceptors (Lipinski definition) is 7. The van der Waals surface area contributed by atoms with Gasteiger partial charge < -0.3 is 14.5 Å². The zero-order valence-corrected chi connectivity index (χ0v) is 15.7. The van der Waals surface area contributed by atoms with E-state index in [9.17, 15) is 18.0 Å². The Morgan fingerprint density at radius 3 is 2.90 bits per heavy atom. The van der Waals surface area contributed by atoms with Gasteiger partial charge in [-0.3, -0.25) is 9.78 Å². The maximum Gasteiger partial charge on any atom is 0.434 e. The molecule has 0 saturated heterocycles. The minimum Gasteiger partial charge on any atom is -0.481 e. The number of nitrogens with zero attached hydrogens (tertiary/aromatic N) is 4. The molecule has 3 heterocycles. The molecule has 0 spiro atoms. The minimum absolute atomic E-state index is 0.348. The van der Waals surface area contributed by atoms with Crippen LogP contribution in [-0.2, 0) is 12.6 Å². The lowest BCUT2D eigenvalue weighted by Gasteiger charge is -2.21. The van der Waals surface area contributed by atoms with Crippen LogP contribution in [0, 0.1) is 0 Å². The number of aromatic nitrogens is 4. The zero-order valence-electron chi connectivity index (χ0n) is 15.7. The predicted octanol–water partition coefficient (Wildman–Crippen LogP) is 3.36. The Kier molecular flexibility index (Phi) is 5.10. The number of ether oxygens (including phenoxy) is 1. The van der Waals surface area contributed by atoms with Gasteiger partial charge in [0.15, 0.2) is 5.69 Å².